The maximum Gasteiger partial charge on any atom is 0.335 e. The number of hydrazone groups is 1. The monoisotopic (exact) mass is 502 g/mol. The van der Waals surface area contributed by atoms with Gasteiger partial charge >= 0.3 is 5.97 Å². The van der Waals surface area contributed by atoms with Crippen LogP contribution in [0.15, 0.2) is 46.0 Å². The molecule has 24 heavy (non-hydrogen) atoms. The topological polar surface area (TPSA) is 70.9 Å². The van der Waals surface area contributed by atoms with Crippen LogP contribution in [0.25, 0.3) is 0 Å². The first-order valence-electron chi connectivity index (χ1n) is 7.15. The standard InChI is InChI=1S/C17H16BrIN2O3/c1-10(2)24-16-12(7-13(18)8-15(16)19)9-20-21-14-5-3-11(4-6-14)17(22)23/h3-10,21H,1-2H3,(H,22,23). The molecule has 0 bridgehead atoms. The number of hydrogen-bond donors (Lipinski definition) is 2. The number of carboxylic acid groups (broad SMARTS) is 1. The average molecular weight is 503 g/mol. The number of carboxylic acids is 1. The van der Waals surface area contributed by atoms with Gasteiger partial charge in [-0.2, -0.15) is 5.10 Å². The summed E-state index contributed by atoms with van der Waals surface area (Å²) in [6.45, 7) is 3.95. The third kappa shape index (κ3) is 5.20. The molecule has 5 nitrogen and oxygen atoms in total. The molecule has 0 aliphatic heterocycles. The van der Waals surface area contributed by atoms with Gasteiger partial charge in [-0.05, 0) is 72.8 Å². The zero-order chi connectivity index (χ0) is 17.7. The number of aromatic carboxylic acids is 1. The first kappa shape index (κ1) is 18.7. The van der Waals surface area contributed by atoms with Crippen LogP contribution in [0.4, 0.5) is 5.69 Å². The molecule has 0 unspecified atom stereocenters. The number of nitrogens with zero attached hydrogens (tertiary/aromatic N) is 1. The summed E-state index contributed by atoms with van der Waals surface area (Å²) in [6.07, 6.45) is 1.74. The molecule has 0 aliphatic carbocycles. The fraction of sp³-hybridized carbons (Fsp3) is 0.176. The highest BCUT2D eigenvalue weighted by Crippen LogP contribution is 2.29. The van der Waals surface area contributed by atoms with E-state index in [1.165, 1.54) is 12.1 Å². The molecule has 0 saturated heterocycles. The van der Waals surface area contributed by atoms with E-state index in [1.54, 1.807) is 18.3 Å². The van der Waals surface area contributed by atoms with Gasteiger partial charge in [-0.3, -0.25) is 5.43 Å². The van der Waals surface area contributed by atoms with Gasteiger partial charge in [-0.25, -0.2) is 4.79 Å². The van der Waals surface area contributed by atoms with E-state index in [-0.39, 0.29) is 11.7 Å². The van der Waals surface area contributed by atoms with E-state index in [0.29, 0.717) is 5.69 Å². The molecule has 0 atom stereocenters. The molecule has 0 radical (unpaired) electrons. The quantitative estimate of drug-likeness (QED) is 0.332. The Labute approximate surface area is 162 Å². The van der Waals surface area contributed by atoms with Gasteiger partial charge in [0.15, 0.2) is 0 Å². The van der Waals surface area contributed by atoms with Crippen molar-refractivity contribution in [2.24, 2.45) is 5.10 Å². The molecule has 0 aliphatic rings. The molecule has 2 aromatic rings. The predicted octanol–water partition coefficient (Wildman–Crippen LogP) is 4.99. The number of rotatable bonds is 6. The Kier molecular flexibility index (Phi) is 6.61. The Morgan fingerprint density at radius 2 is 2.00 bits per heavy atom. The molecular formula is C17H16BrIN2O3. The number of anilines is 1. The molecule has 2 rings (SSSR count). The second kappa shape index (κ2) is 8.48. The van der Waals surface area contributed by atoms with Crippen molar-refractivity contribution < 1.29 is 14.6 Å². The molecule has 0 saturated carbocycles. The summed E-state index contributed by atoms with van der Waals surface area (Å²) >= 11 is 5.70. The molecule has 126 valence electrons. The van der Waals surface area contributed by atoms with Gasteiger partial charge in [-0.15, -0.1) is 0 Å². The van der Waals surface area contributed by atoms with Gasteiger partial charge < -0.3 is 9.84 Å². The highest BCUT2D eigenvalue weighted by atomic mass is 127. The third-order valence-electron chi connectivity index (χ3n) is 2.92. The minimum atomic E-state index is -0.954. The highest BCUT2D eigenvalue weighted by Gasteiger charge is 2.10. The minimum absolute atomic E-state index is 0.0587. The maximum absolute atomic E-state index is 10.8. The van der Waals surface area contributed by atoms with Crippen molar-refractivity contribution in [3.8, 4) is 5.75 Å². The Morgan fingerprint density at radius 1 is 1.33 bits per heavy atom. The molecule has 0 spiro atoms. The first-order chi connectivity index (χ1) is 11.4. The summed E-state index contributed by atoms with van der Waals surface area (Å²) in [5, 5.41) is 13.1. The Morgan fingerprint density at radius 3 is 2.58 bits per heavy atom. The summed E-state index contributed by atoms with van der Waals surface area (Å²) in [6, 6.07) is 10.3. The number of halogens is 2. The van der Waals surface area contributed by atoms with Crippen LogP contribution in [-0.2, 0) is 0 Å². The van der Waals surface area contributed by atoms with E-state index in [2.05, 4.69) is 49.0 Å². The van der Waals surface area contributed by atoms with Gasteiger partial charge in [-0.1, -0.05) is 15.9 Å². The normalized spacial score (nSPS) is 11.0. The number of carbonyl (C=O) groups is 1. The fourth-order valence-electron chi connectivity index (χ4n) is 1.90. The van der Waals surface area contributed by atoms with E-state index in [1.807, 2.05) is 26.0 Å². The largest absolute Gasteiger partial charge is 0.489 e. The van der Waals surface area contributed by atoms with E-state index in [0.717, 1.165) is 19.4 Å². The van der Waals surface area contributed by atoms with E-state index in [9.17, 15) is 4.79 Å². The lowest BCUT2D eigenvalue weighted by Gasteiger charge is -2.14. The van der Waals surface area contributed by atoms with Crippen LogP contribution in [0.1, 0.15) is 29.8 Å². The van der Waals surface area contributed by atoms with E-state index in [4.69, 9.17) is 9.84 Å². The third-order valence-corrected chi connectivity index (χ3v) is 4.18. The Hall–Kier alpha value is -1.61. The lowest BCUT2D eigenvalue weighted by Crippen LogP contribution is -2.09. The molecule has 0 fully saturated rings. The van der Waals surface area contributed by atoms with Gasteiger partial charge in [0.05, 0.1) is 27.1 Å². The summed E-state index contributed by atoms with van der Waals surface area (Å²) in [5.41, 5.74) is 4.66. The lowest BCUT2D eigenvalue weighted by molar-refractivity contribution is 0.0697. The minimum Gasteiger partial charge on any atom is -0.489 e. The van der Waals surface area contributed by atoms with Crippen LogP contribution < -0.4 is 10.2 Å². The van der Waals surface area contributed by atoms with Crippen molar-refractivity contribution in [1.82, 2.24) is 0 Å². The van der Waals surface area contributed by atoms with Gasteiger partial charge in [0.25, 0.3) is 0 Å². The van der Waals surface area contributed by atoms with Crippen LogP contribution in [0.2, 0.25) is 0 Å². The van der Waals surface area contributed by atoms with E-state index < -0.39 is 5.97 Å². The lowest BCUT2D eigenvalue weighted by atomic mass is 10.2. The summed E-state index contributed by atoms with van der Waals surface area (Å²) in [4.78, 5) is 10.8. The van der Waals surface area contributed by atoms with Crippen LogP contribution in [0, 0.1) is 3.57 Å². The highest BCUT2D eigenvalue weighted by molar-refractivity contribution is 14.1. The fourth-order valence-corrected chi connectivity index (χ4v) is 3.58. The second-order valence-electron chi connectivity index (χ2n) is 5.23. The number of benzene rings is 2. The Bertz CT molecular complexity index is 761. The second-order valence-corrected chi connectivity index (χ2v) is 7.30. The molecule has 0 heterocycles. The molecule has 2 N–H and O–H groups in total. The number of ether oxygens (including phenoxy) is 1. The average Bonchev–Trinajstić information content (AvgIpc) is 2.51. The smallest absolute Gasteiger partial charge is 0.335 e. The SMILES string of the molecule is CC(C)Oc1c(I)cc(Br)cc1C=NNc1ccc(C(=O)O)cc1. The summed E-state index contributed by atoms with van der Waals surface area (Å²) in [5.74, 6) is -0.176. The first-order valence-corrected chi connectivity index (χ1v) is 9.02. The van der Waals surface area contributed by atoms with Crippen molar-refractivity contribution >= 4 is 56.4 Å². The predicted molar refractivity (Wildman–Crippen MR) is 107 cm³/mol. The number of hydrogen-bond acceptors (Lipinski definition) is 4. The summed E-state index contributed by atoms with van der Waals surface area (Å²) in [7, 11) is 0. The van der Waals surface area contributed by atoms with Crippen LogP contribution >= 0.6 is 38.5 Å². The van der Waals surface area contributed by atoms with Gasteiger partial charge in [0.2, 0.25) is 0 Å². The number of nitrogens with one attached hydrogen (secondary N) is 1. The van der Waals surface area contributed by atoms with Crippen molar-refractivity contribution in [2.75, 3.05) is 5.43 Å². The molecule has 2 aromatic carbocycles. The van der Waals surface area contributed by atoms with Crippen molar-refractivity contribution in [2.45, 2.75) is 20.0 Å². The zero-order valence-corrected chi connectivity index (χ0v) is 16.8. The van der Waals surface area contributed by atoms with Crippen molar-refractivity contribution in [3.63, 3.8) is 0 Å². The molecule has 0 amide bonds. The van der Waals surface area contributed by atoms with Gasteiger partial charge in [0, 0.05) is 10.0 Å². The van der Waals surface area contributed by atoms with E-state index >= 15 is 0 Å². The Balaban J connectivity index is 2.17. The molecule has 0 aromatic heterocycles. The van der Waals surface area contributed by atoms with Crippen LogP contribution in [0.5, 0.6) is 5.75 Å². The van der Waals surface area contributed by atoms with Crippen molar-refractivity contribution in [3.05, 3.63) is 55.6 Å². The van der Waals surface area contributed by atoms with Crippen LogP contribution in [0.3, 0.4) is 0 Å². The van der Waals surface area contributed by atoms with Crippen molar-refractivity contribution in [1.29, 1.82) is 0 Å². The van der Waals surface area contributed by atoms with Crippen LogP contribution in [-0.4, -0.2) is 23.4 Å². The summed E-state index contributed by atoms with van der Waals surface area (Å²) < 4.78 is 7.79. The molecule has 7 heteroatoms. The van der Waals surface area contributed by atoms with Gasteiger partial charge in [0.1, 0.15) is 5.75 Å². The maximum atomic E-state index is 10.8. The zero-order valence-electron chi connectivity index (χ0n) is 13.1. The molecular weight excluding hydrogens is 487 g/mol.